The zero-order valence-corrected chi connectivity index (χ0v) is 16.6. The maximum absolute atomic E-state index is 13.0. The fourth-order valence-corrected chi connectivity index (χ4v) is 3.67. The summed E-state index contributed by atoms with van der Waals surface area (Å²) in [6.45, 7) is 1.10. The molecule has 0 N–H and O–H groups in total. The molecular formula is C26H23NO3. The molecule has 1 unspecified atom stereocenters. The number of para-hydroxylation sites is 1. The van der Waals surface area contributed by atoms with Crippen molar-refractivity contribution in [3.8, 4) is 18.1 Å². The number of hydrogen-bond acceptors (Lipinski definition) is 4. The lowest BCUT2D eigenvalue weighted by Crippen LogP contribution is -2.16. The van der Waals surface area contributed by atoms with E-state index in [1.165, 1.54) is 0 Å². The third-order valence-corrected chi connectivity index (χ3v) is 5.15. The van der Waals surface area contributed by atoms with Crippen molar-refractivity contribution in [1.29, 1.82) is 0 Å². The second-order valence-electron chi connectivity index (χ2n) is 7.17. The van der Waals surface area contributed by atoms with Crippen LogP contribution in [0.1, 0.15) is 22.7 Å². The molecule has 0 saturated carbocycles. The predicted molar refractivity (Wildman–Crippen MR) is 116 cm³/mol. The molecule has 0 aliphatic carbocycles. The highest BCUT2D eigenvalue weighted by atomic mass is 16.5. The average Bonchev–Trinajstić information content (AvgIpc) is 3.51. The Hall–Kier alpha value is -3.55. The zero-order chi connectivity index (χ0) is 20.8. The molecule has 4 rings (SSSR count). The van der Waals surface area contributed by atoms with Crippen LogP contribution >= 0.6 is 0 Å². The standard InChI is InChI=1S/C26H23NO3/c1-2-17-29-23-16-10-9-15-22(23)24-25(27(24)18-20-11-5-3-6-12-20)26(28)30-19-21-13-7-4-8-14-21/h1,3-16,24-25H,17-19H2/t24-,25+,27?/m1/s1. The molecule has 150 valence electrons. The Bertz CT molecular complexity index is 1030. The highest BCUT2D eigenvalue weighted by Crippen LogP contribution is 2.48. The molecule has 3 atom stereocenters. The van der Waals surface area contributed by atoms with Gasteiger partial charge in [0.1, 0.15) is 25.0 Å². The number of carbonyl (C=O) groups excluding carboxylic acids is 1. The molecule has 1 fully saturated rings. The van der Waals surface area contributed by atoms with Crippen LogP contribution in [0.15, 0.2) is 84.9 Å². The summed E-state index contributed by atoms with van der Waals surface area (Å²) in [7, 11) is 0. The normalized spacial score (nSPS) is 19.5. The van der Waals surface area contributed by atoms with Gasteiger partial charge in [-0.2, -0.15) is 0 Å². The Morgan fingerprint density at radius 3 is 2.23 bits per heavy atom. The second-order valence-corrected chi connectivity index (χ2v) is 7.17. The van der Waals surface area contributed by atoms with Crippen LogP contribution in [-0.4, -0.2) is 23.5 Å². The summed E-state index contributed by atoms with van der Waals surface area (Å²) in [4.78, 5) is 15.1. The van der Waals surface area contributed by atoms with Gasteiger partial charge in [-0.3, -0.25) is 9.69 Å². The second kappa shape index (κ2) is 9.30. The fraction of sp³-hybridized carbons (Fsp3) is 0.192. The lowest BCUT2D eigenvalue weighted by atomic mass is 10.1. The molecule has 0 radical (unpaired) electrons. The van der Waals surface area contributed by atoms with Gasteiger partial charge in [0.15, 0.2) is 0 Å². The number of esters is 1. The molecule has 1 saturated heterocycles. The molecular weight excluding hydrogens is 374 g/mol. The highest BCUT2D eigenvalue weighted by molar-refractivity contribution is 5.81. The number of terminal acetylenes is 1. The maximum Gasteiger partial charge on any atom is 0.325 e. The van der Waals surface area contributed by atoms with Gasteiger partial charge in [-0.05, 0) is 17.2 Å². The Balaban J connectivity index is 1.53. The van der Waals surface area contributed by atoms with Crippen LogP contribution < -0.4 is 4.74 Å². The van der Waals surface area contributed by atoms with Crippen LogP contribution in [0.25, 0.3) is 0 Å². The highest BCUT2D eigenvalue weighted by Gasteiger charge is 2.55. The van der Waals surface area contributed by atoms with Crippen LogP contribution in [0.5, 0.6) is 5.75 Å². The number of rotatable bonds is 8. The van der Waals surface area contributed by atoms with Crippen molar-refractivity contribution in [2.24, 2.45) is 0 Å². The topological polar surface area (TPSA) is 38.5 Å². The van der Waals surface area contributed by atoms with E-state index in [-0.39, 0.29) is 31.3 Å². The van der Waals surface area contributed by atoms with E-state index in [9.17, 15) is 4.79 Å². The van der Waals surface area contributed by atoms with Gasteiger partial charge in [0, 0.05) is 12.1 Å². The minimum absolute atomic E-state index is 0.109. The van der Waals surface area contributed by atoms with Crippen LogP contribution in [0.4, 0.5) is 0 Å². The summed E-state index contributed by atoms with van der Waals surface area (Å²) in [5, 5.41) is 0. The molecule has 0 bridgehead atoms. The van der Waals surface area contributed by atoms with Gasteiger partial charge in [0.2, 0.25) is 0 Å². The first-order valence-electron chi connectivity index (χ1n) is 9.93. The zero-order valence-electron chi connectivity index (χ0n) is 16.6. The van der Waals surface area contributed by atoms with E-state index >= 15 is 0 Å². The number of benzene rings is 3. The Kier molecular flexibility index (Phi) is 6.12. The number of hydrogen-bond donors (Lipinski definition) is 0. The van der Waals surface area contributed by atoms with Crippen LogP contribution in [0.2, 0.25) is 0 Å². The monoisotopic (exact) mass is 397 g/mol. The van der Waals surface area contributed by atoms with Crippen molar-refractivity contribution >= 4 is 5.97 Å². The SMILES string of the molecule is C#CCOc1ccccc1[C@@H]1[C@@H](C(=O)OCc2ccccc2)N1Cc1ccccc1. The number of carbonyl (C=O) groups is 1. The molecule has 1 aliphatic rings. The maximum atomic E-state index is 13.0. The molecule has 3 aromatic rings. The first-order valence-corrected chi connectivity index (χ1v) is 9.93. The van der Waals surface area contributed by atoms with E-state index in [1.54, 1.807) is 0 Å². The largest absolute Gasteiger partial charge is 0.481 e. The summed E-state index contributed by atoms with van der Waals surface area (Å²) in [5.74, 6) is 2.97. The van der Waals surface area contributed by atoms with E-state index in [2.05, 4.69) is 23.0 Å². The Labute approximate surface area is 177 Å². The number of ether oxygens (including phenoxy) is 2. The molecule has 4 heteroatoms. The fourth-order valence-electron chi connectivity index (χ4n) is 3.67. The molecule has 0 spiro atoms. The van der Waals surface area contributed by atoms with Crippen molar-refractivity contribution in [3.05, 3.63) is 102 Å². The molecule has 30 heavy (non-hydrogen) atoms. The van der Waals surface area contributed by atoms with Gasteiger partial charge >= 0.3 is 5.97 Å². The Morgan fingerprint density at radius 1 is 0.900 bits per heavy atom. The molecule has 3 aromatic carbocycles. The minimum Gasteiger partial charge on any atom is -0.481 e. The van der Waals surface area contributed by atoms with Gasteiger partial charge in [-0.1, -0.05) is 84.8 Å². The predicted octanol–water partition coefficient (Wildman–Crippen LogP) is 4.37. The minimum atomic E-state index is -0.357. The van der Waals surface area contributed by atoms with Crippen LogP contribution in [-0.2, 0) is 22.7 Å². The van der Waals surface area contributed by atoms with Gasteiger partial charge < -0.3 is 9.47 Å². The molecule has 0 amide bonds. The quantitative estimate of drug-likeness (QED) is 0.321. The van der Waals surface area contributed by atoms with E-state index in [0.29, 0.717) is 12.3 Å². The summed E-state index contributed by atoms with van der Waals surface area (Å²) >= 11 is 0. The lowest BCUT2D eigenvalue weighted by molar-refractivity contribution is -0.145. The van der Waals surface area contributed by atoms with Crippen molar-refractivity contribution in [2.75, 3.05) is 6.61 Å². The van der Waals surface area contributed by atoms with Crippen molar-refractivity contribution in [3.63, 3.8) is 0 Å². The molecule has 1 aliphatic heterocycles. The summed E-state index contributed by atoms with van der Waals surface area (Å²) in [6, 6.07) is 27.1. The first kappa shape index (κ1) is 19.8. The van der Waals surface area contributed by atoms with Gasteiger partial charge in [0.05, 0.1) is 6.04 Å². The first-order chi connectivity index (χ1) is 14.8. The third kappa shape index (κ3) is 4.53. The summed E-state index contributed by atoms with van der Waals surface area (Å²) in [6.07, 6.45) is 5.36. The molecule has 0 aromatic heterocycles. The van der Waals surface area contributed by atoms with Gasteiger partial charge in [0.25, 0.3) is 0 Å². The van der Waals surface area contributed by atoms with E-state index in [4.69, 9.17) is 15.9 Å². The lowest BCUT2D eigenvalue weighted by Gasteiger charge is -2.09. The van der Waals surface area contributed by atoms with E-state index in [1.807, 2.05) is 72.8 Å². The van der Waals surface area contributed by atoms with E-state index < -0.39 is 0 Å². The van der Waals surface area contributed by atoms with Crippen molar-refractivity contribution in [2.45, 2.75) is 25.2 Å². The summed E-state index contributed by atoms with van der Waals surface area (Å²) in [5.41, 5.74) is 3.06. The van der Waals surface area contributed by atoms with E-state index in [0.717, 1.165) is 16.7 Å². The Morgan fingerprint density at radius 2 is 1.53 bits per heavy atom. The molecule has 4 nitrogen and oxygen atoms in total. The van der Waals surface area contributed by atoms with Crippen LogP contribution in [0, 0.1) is 12.3 Å². The van der Waals surface area contributed by atoms with Gasteiger partial charge in [-0.25, -0.2) is 0 Å². The summed E-state index contributed by atoms with van der Waals surface area (Å²) < 4.78 is 11.4. The number of nitrogens with zero attached hydrogens (tertiary/aromatic N) is 1. The van der Waals surface area contributed by atoms with Crippen molar-refractivity contribution in [1.82, 2.24) is 4.90 Å². The van der Waals surface area contributed by atoms with Crippen molar-refractivity contribution < 1.29 is 14.3 Å². The average molecular weight is 397 g/mol. The van der Waals surface area contributed by atoms with Crippen LogP contribution in [0.3, 0.4) is 0 Å². The smallest absolute Gasteiger partial charge is 0.325 e. The third-order valence-electron chi connectivity index (χ3n) is 5.15. The van der Waals surface area contributed by atoms with Gasteiger partial charge in [-0.15, -0.1) is 6.42 Å². The molecule has 1 heterocycles.